The molecule has 0 radical (unpaired) electrons. The zero-order chi connectivity index (χ0) is 32.0. The lowest BCUT2D eigenvalue weighted by molar-refractivity contribution is 0.0942. The smallest absolute Gasteiger partial charge is 0.165 e. The van der Waals surface area contributed by atoms with Gasteiger partial charge in [0.25, 0.3) is 0 Å². The van der Waals surface area contributed by atoms with Gasteiger partial charge in [0.05, 0.1) is 11.9 Å². The van der Waals surface area contributed by atoms with Crippen molar-refractivity contribution in [2.24, 2.45) is 5.73 Å². The van der Waals surface area contributed by atoms with E-state index >= 15 is 0 Å². The summed E-state index contributed by atoms with van der Waals surface area (Å²) in [6.45, 7) is 16.7. The molecule has 0 saturated heterocycles. The van der Waals surface area contributed by atoms with E-state index in [-0.39, 0.29) is 6.04 Å². The maximum absolute atomic E-state index is 6.32. The summed E-state index contributed by atoms with van der Waals surface area (Å²) in [6.07, 6.45) is 7.98. The molecule has 45 heavy (non-hydrogen) atoms. The van der Waals surface area contributed by atoms with Gasteiger partial charge in [-0.15, -0.1) is 0 Å². The van der Waals surface area contributed by atoms with Crippen molar-refractivity contribution < 1.29 is 9.47 Å². The summed E-state index contributed by atoms with van der Waals surface area (Å²) in [7, 11) is -2.43. The van der Waals surface area contributed by atoms with Crippen LogP contribution in [0.25, 0.3) is 28.0 Å². The molecular formula is C35H52N6O2Si2. The van der Waals surface area contributed by atoms with Crippen molar-refractivity contribution in [1.82, 2.24) is 19.6 Å². The maximum atomic E-state index is 6.32. The highest BCUT2D eigenvalue weighted by Gasteiger charge is 2.25. The van der Waals surface area contributed by atoms with Crippen LogP contribution in [0.5, 0.6) is 0 Å². The van der Waals surface area contributed by atoms with Crippen LogP contribution in [0.2, 0.25) is 51.4 Å². The number of nitrogens with zero attached hydrogens (tertiary/aromatic N) is 5. The van der Waals surface area contributed by atoms with Gasteiger partial charge in [0.15, 0.2) is 5.65 Å². The predicted molar refractivity (Wildman–Crippen MR) is 191 cm³/mol. The number of ether oxygens (including phenoxy) is 2. The number of anilines is 1. The molecule has 0 spiro atoms. The molecule has 8 nitrogen and oxygen atoms in total. The Bertz CT molecular complexity index is 1490. The lowest BCUT2D eigenvalue weighted by Crippen LogP contribution is -2.33. The Morgan fingerprint density at radius 3 is 2.04 bits per heavy atom. The number of hydrogen-bond acceptors (Lipinski definition) is 7. The van der Waals surface area contributed by atoms with Crippen LogP contribution in [0, 0.1) is 0 Å². The molecule has 3 heterocycles. The summed E-state index contributed by atoms with van der Waals surface area (Å²) in [6, 6.07) is 19.2. The van der Waals surface area contributed by atoms with Gasteiger partial charge in [-0.25, -0.2) is 4.98 Å². The third-order valence-corrected chi connectivity index (χ3v) is 12.0. The van der Waals surface area contributed by atoms with Crippen molar-refractivity contribution in [3.8, 4) is 22.4 Å². The van der Waals surface area contributed by atoms with Crippen molar-refractivity contribution >= 4 is 27.6 Å². The molecule has 0 aliphatic heterocycles. The molecule has 0 bridgehead atoms. The minimum atomic E-state index is -1.22. The SMILES string of the molecule is C[Si](C)(C)CCOCN(COCC[Si](C)(C)C)c1cc(C2CCC(N)CC2)nc2c(-c3ccc(-c4ccccc4)nc3)cnn12. The quantitative estimate of drug-likeness (QED) is 0.0849. The Balaban J connectivity index is 1.50. The molecule has 3 aromatic heterocycles. The highest BCUT2D eigenvalue weighted by Crippen LogP contribution is 2.35. The molecule has 1 aliphatic rings. The second-order valence-electron chi connectivity index (χ2n) is 15.0. The number of hydrogen-bond donors (Lipinski definition) is 1. The number of rotatable bonds is 14. The Morgan fingerprint density at radius 2 is 1.47 bits per heavy atom. The van der Waals surface area contributed by atoms with Crippen molar-refractivity contribution in [3.05, 3.63) is 66.6 Å². The molecule has 1 aromatic carbocycles. The van der Waals surface area contributed by atoms with Gasteiger partial charge in [0, 0.05) is 76.0 Å². The normalized spacial score (nSPS) is 17.6. The van der Waals surface area contributed by atoms with Crippen LogP contribution < -0.4 is 10.6 Å². The lowest BCUT2D eigenvalue weighted by Gasteiger charge is -2.29. The van der Waals surface area contributed by atoms with Crippen molar-refractivity contribution in [2.45, 2.75) is 89.0 Å². The minimum Gasteiger partial charge on any atom is -0.361 e. The molecule has 10 heteroatoms. The number of pyridine rings is 1. The van der Waals surface area contributed by atoms with Crippen LogP contribution in [0.3, 0.4) is 0 Å². The first-order valence-electron chi connectivity index (χ1n) is 16.5. The fourth-order valence-corrected chi connectivity index (χ4v) is 7.14. The van der Waals surface area contributed by atoms with Gasteiger partial charge in [-0.05, 0) is 43.8 Å². The van der Waals surface area contributed by atoms with Crippen LogP contribution in [-0.4, -0.2) is 68.4 Å². The van der Waals surface area contributed by atoms with E-state index in [0.29, 0.717) is 19.4 Å². The van der Waals surface area contributed by atoms with Crippen LogP contribution in [-0.2, 0) is 9.47 Å². The third kappa shape index (κ3) is 9.32. The fourth-order valence-electron chi connectivity index (χ4n) is 5.63. The van der Waals surface area contributed by atoms with E-state index in [2.05, 4.69) is 74.5 Å². The van der Waals surface area contributed by atoms with Crippen molar-refractivity contribution in [1.29, 1.82) is 0 Å². The zero-order valence-corrected chi connectivity index (χ0v) is 30.1. The van der Waals surface area contributed by atoms with E-state index in [1.165, 1.54) is 0 Å². The highest BCUT2D eigenvalue weighted by molar-refractivity contribution is 6.76. The number of benzene rings is 1. The molecule has 1 aliphatic carbocycles. The number of fused-ring (bicyclic) bond motifs is 1. The molecule has 0 atom stereocenters. The summed E-state index contributed by atoms with van der Waals surface area (Å²) in [5.74, 6) is 1.31. The van der Waals surface area contributed by atoms with E-state index < -0.39 is 16.1 Å². The number of nitrogens with two attached hydrogens (primary N) is 1. The highest BCUT2D eigenvalue weighted by atomic mass is 28.3. The minimum absolute atomic E-state index is 0.278. The molecule has 5 rings (SSSR count). The Labute approximate surface area is 271 Å². The molecule has 242 valence electrons. The van der Waals surface area contributed by atoms with E-state index in [1.54, 1.807) is 0 Å². The standard InChI is InChI=1S/C35H52N6O2Si2/c1-44(2,3)20-18-42-25-40(26-43-19-21-45(4,5)6)34-22-33(28-12-15-30(36)16-13-28)39-35-31(24-38-41(34)35)29-14-17-32(37-23-29)27-10-8-7-9-11-27/h7-11,14,17,22-24,28,30H,12-13,15-16,18-21,25-26,36H2,1-6H3. The largest absolute Gasteiger partial charge is 0.361 e. The zero-order valence-electron chi connectivity index (χ0n) is 28.1. The predicted octanol–water partition coefficient (Wildman–Crippen LogP) is 7.87. The summed E-state index contributed by atoms with van der Waals surface area (Å²) in [5, 5.41) is 4.90. The van der Waals surface area contributed by atoms with Crippen LogP contribution in [0.1, 0.15) is 37.3 Å². The van der Waals surface area contributed by atoms with Gasteiger partial charge in [-0.1, -0.05) is 75.7 Å². The van der Waals surface area contributed by atoms with Gasteiger partial charge in [0.1, 0.15) is 19.3 Å². The molecule has 4 aromatic rings. The Morgan fingerprint density at radius 1 is 0.822 bits per heavy atom. The first-order valence-corrected chi connectivity index (χ1v) is 23.9. The van der Waals surface area contributed by atoms with E-state index in [4.69, 9.17) is 30.3 Å². The molecule has 0 amide bonds. The van der Waals surface area contributed by atoms with Crippen LogP contribution in [0.15, 0.2) is 60.9 Å². The summed E-state index contributed by atoms with van der Waals surface area (Å²) < 4.78 is 14.6. The molecule has 1 saturated carbocycles. The van der Waals surface area contributed by atoms with Crippen molar-refractivity contribution in [3.63, 3.8) is 0 Å². The van der Waals surface area contributed by atoms with Crippen LogP contribution in [0.4, 0.5) is 5.82 Å². The molecular weight excluding hydrogens is 593 g/mol. The first-order chi connectivity index (χ1) is 21.5. The van der Waals surface area contributed by atoms with E-state index in [0.717, 1.165) is 90.5 Å². The topological polar surface area (TPSA) is 90.8 Å². The van der Waals surface area contributed by atoms with Gasteiger partial charge >= 0.3 is 0 Å². The van der Waals surface area contributed by atoms with Gasteiger partial charge < -0.3 is 20.1 Å². The average molecular weight is 645 g/mol. The summed E-state index contributed by atoms with van der Waals surface area (Å²) in [4.78, 5) is 12.3. The molecule has 0 unspecified atom stereocenters. The second kappa shape index (κ2) is 14.7. The Kier molecular flexibility index (Phi) is 10.9. The van der Waals surface area contributed by atoms with Gasteiger partial charge in [-0.3, -0.25) is 4.98 Å². The molecule has 1 fully saturated rings. The lowest BCUT2D eigenvalue weighted by atomic mass is 9.84. The van der Waals surface area contributed by atoms with E-state index in [9.17, 15) is 0 Å². The average Bonchev–Trinajstić information content (AvgIpc) is 3.44. The maximum Gasteiger partial charge on any atom is 0.165 e. The van der Waals surface area contributed by atoms with Gasteiger partial charge in [0.2, 0.25) is 0 Å². The fraction of sp³-hybridized carbons (Fsp3) is 0.514. The third-order valence-electron chi connectivity index (χ3n) is 8.62. The van der Waals surface area contributed by atoms with Gasteiger partial charge in [-0.2, -0.15) is 9.61 Å². The van der Waals surface area contributed by atoms with E-state index in [1.807, 2.05) is 35.1 Å². The summed E-state index contributed by atoms with van der Waals surface area (Å²) >= 11 is 0. The second-order valence-corrected chi connectivity index (χ2v) is 26.2. The van der Waals surface area contributed by atoms with Crippen molar-refractivity contribution in [2.75, 3.05) is 31.6 Å². The number of aromatic nitrogens is 4. The first kappa shape index (κ1) is 33.5. The monoisotopic (exact) mass is 644 g/mol. The molecule has 2 N–H and O–H groups in total. The van der Waals surface area contributed by atoms with Crippen LogP contribution >= 0.6 is 0 Å². The Hall–Kier alpha value is -2.90. The summed E-state index contributed by atoms with van der Waals surface area (Å²) in [5.41, 5.74) is 12.2.